The Morgan fingerprint density at radius 2 is 2.00 bits per heavy atom. The molecule has 2 rings (SSSR count). The molecule has 1 aliphatic heterocycles. The minimum Gasteiger partial charge on any atom is -0.324 e. The van der Waals surface area contributed by atoms with E-state index in [1.165, 1.54) is 25.9 Å². The summed E-state index contributed by atoms with van der Waals surface area (Å²) in [7, 11) is 0. The summed E-state index contributed by atoms with van der Waals surface area (Å²) in [5.41, 5.74) is 0.665. The minimum absolute atomic E-state index is 0.0562. The second-order valence-corrected chi connectivity index (χ2v) is 5.51. The van der Waals surface area contributed by atoms with Gasteiger partial charge in [0.2, 0.25) is 5.91 Å². The van der Waals surface area contributed by atoms with E-state index in [2.05, 4.69) is 15.5 Å². The Labute approximate surface area is 125 Å². The molecule has 20 heavy (non-hydrogen) atoms. The second-order valence-electron chi connectivity index (χ2n) is 5.11. The fourth-order valence-corrected chi connectivity index (χ4v) is 2.58. The molecule has 1 fully saturated rings. The molecule has 5 heteroatoms. The van der Waals surface area contributed by atoms with Gasteiger partial charge in [0.05, 0.1) is 17.3 Å². The lowest BCUT2D eigenvalue weighted by molar-refractivity contribution is -0.115. The molecule has 4 nitrogen and oxygen atoms in total. The van der Waals surface area contributed by atoms with Crippen molar-refractivity contribution in [2.45, 2.75) is 19.3 Å². The van der Waals surface area contributed by atoms with E-state index in [1.807, 2.05) is 12.1 Å². The highest BCUT2D eigenvalue weighted by Gasteiger charge is 2.10. The number of halogens is 1. The van der Waals surface area contributed by atoms with Gasteiger partial charge in [-0.1, -0.05) is 23.7 Å². The first-order valence-electron chi connectivity index (χ1n) is 7.23. The van der Waals surface area contributed by atoms with Crippen LogP contribution in [0, 0.1) is 0 Å². The number of hydrogen-bond acceptors (Lipinski definition) is 3. The fourth-order valence-electron chi connectivity index (χ4n) is 2.39. The Morgan fingerprint density at radius 3 is 2.75 bits per heavy atom. The van der Waals surface area contributed by atoms with E-state index in [9.17, 15) is 4.79 Å². The summed E-state index contributed by atoms with van der Waals surface area (Å²) in [5.74, 6) is -0.0562. The Balaban J connectivity index is 1.57. The van der Waals surface area contributed by atoms with Gasteiger partial charge in [-0.3, -0.25) is 4.79 Å². The van der Waals surface area contributed by atoms with Crippen molar-refractivity contribution in [2.75, 3.05) is 38.0 Å². The maximum absolute atomic E-state index is 11.7. The van der Waals surface area contributed by atoms with Crippen LogP contribution in [-0.4, -0.2) is 43.5 Å². The van der Waals surface area contributed by atoms with Crippen LogP contribution in [-0.2, 0) is 4.79 Å². The molecule has 0 radical (unpaired) electrons. The Morgan fingerprint density at radius 1 is 1.25 bits per heavy atom. The molecule has 0 bridgehead atoms. The molecular weight excluding hydrogens is 274 g/mol. The van der Waals surface area contributed by atoms with E-state index in [-0.39, 0.29) is 5.91 Å². The number of hydrogen-bond donors (Lipinski definition) is 2. The minimum atomic E-state index is -0.0562. The third kappa shape index (κ3) is 5.12. The number of amides is 1. The normalized spacial score (nSPS) is 15.4. The zero-order chi connectivity index (χ0) is 14.2. The number of anilines is 1. The van der Waals surface area contributed by atoms with E-state index in [0.29, 0.717) is 17.3 Å². The van der Waals surface area contributed by atoms with Gasteiger partial charge in [-0.15, -0.1) is 0 Å². The number of likely N-dealkylation sites (tertiary alicyclic amines) is 1. The Hall–Kier alpha value is -1.10. The number of carbonyl (C=O) groups excluding carboxylic acids is 1. The molecule has 0 unspecified atom stereocenters. The van der Waals surface area contributed by atoms with Crippen molar-refractivity contribution >= 4 is 23.2 Å². The van der Waals surface area contributed by atoms with E-state index in [4.69, 9.17) is 11.6 Å². The predicted octanol–water partition coefficient (Wildman–Crippen LogP) is 2.35. The van der Waals surface area contributed by atoms with Crippen LogP contribution in [0.4, 0.5) is 5.69 Å². The van der Waals surface area contributed by atoms with Gasteiger partial charge in [0.15, 0.2) is 0 Å². The van der Waals surface area contributed by atoms with Gasteiger partial charge in [0.1, 0.15) is 0 Å². The maximum Gasteiger partial charge on any atom is 0.238 e. The number of carbonyl (C=O) groups is 1. The molecule has 0 saturated carbocycles. The predicted molar refractivity (Wildman–Crippen MR) is 83.2 cm³/mol. The second kappa shape index (κ2) is 8.25. The summed E-state index contributed by atoms with van der Waals surface area (Å²) >= 11 is 5.98. The highest BCUT2D eigenvalue weighted by Crippen LogP contribution is 2.19. The van der Waals surface area contributed by atoms with Crippen LogP contribution < -0.4 is 10.6 Å². The average Bonchev–Trinajstić information content (AvgIpc) is 2.94. The van der Waals surface area contributed by atoms with Gasteiger partial charge in [0.25, 0.3) is 0 Å². The first kappa shape index (κ1) is 15.3. The molecule has 0 aliphatic carbocycles. The lowest BCUT2D eigenvalue weighted by Crippen LogP contribution is -2.31. The summed E-state index contributed by atoms with van der Waals surface area (Å²) in [4.78, 5) is 14.2. The van der Waals surface area contributed by atoms with Crippen LogP contribution in [0.3, 0.4) is 0 Å². The van der Waals surface area contributed by atoms with Gasteiger partial charge in [-0.25, -0.2) is 0 Å². The van der Waals surface area contributed by atoms with Crippen LogP contribution in [0.2, 0.25) is 5.02 Å². The van der Waals surface area contributed by atoms with Crippen molar-refractivity contribution in [1.82, 2.24) is 10.2 Å². The molecule has 0 atom stereocenters. The van der Waals surface area contributed by atoms with Crippen LogP contribution in [0.25, 0.3) is 0 Å². The molecule has 2 N–H and O–H groups in total. The number of nitrogens with one attached hydrogen (secondary N) is 2. The van der Waals surface area contributed by atoms with Crippen molar-refractivity contribution in [3.8, 4) is 0 Å². The highest BCUT2D eigenvalue weighted by atomic mass is 35.5. The molecule has 1 aliphatic rings. The zero-order valence-corrected chi connectivity index (χ0v) is 12.5. The first-order chi connectivity index (χ1) is 9.75. The van der Waals surface area contributed by atoms with Crippen LogP contribution >= 0.6 is 11.6 Å². The quantitative estimate of drug-likeness (QED) is 0.759. The van der Waals surface area contributed by atoms with Crippen molar-refractivity contribution in [2.24, 2.45) is 0 Å². The van der Waals surface area contributed by atoms with E-state index >= 15 is 0 Å². The molecule has 0 aromatic heterocycles. The Bertz CT molecular complexity index is 433. The van der Waals surface area contributed by atoms with Crippen LogP contribution in [0.5, 0.6) is 0 Å². The maximum atomic E-state index is 11.7. The highest BCUT2D eigenvalue weighted by molar-refractivity contribution is 6.33. The van der Waals surface area contributed by atoms with Crippen molar-refractivity contribution in [1.29, 1.82) is 0 Å². The lowest BCUT2D eigenvalue weighted by Gasteiger charge is -2.14. The fraction of sp³-hybridized carbons (Fsp3) is 0.533. The largest absolute Gasteiger partial charge is 0.324 e. The molecule has 1 saturated heterocycles. The molecule has 0 spiro atoms. The first-order valence-corrected chi connectivity index (χ1v) is 7.61. The third-order valence-electron chi connectivity index (χ3n) is 3.46. The molecule has 110 valence electrons. The number of para-hydroxylation sites is 1. The monoisotopic (exact) mass is 295 g/mol. The summed E-state index contributed by atoms with van der Waals surface area (Å²) in [6, 6.07) is 7.26. The summed E-state index contributed by atoms with van der Waals surface area (Å²) in [5, 5.41) is 6.53. The van der Waals surface area contributed by atoms with Gasteiger partial charge < -0.3 is 15.5 Å². The number of benzene rings is 1. The van der Waals surface area contributed by atoms with Gasteiger partial charge >= 0.3 is 0 Å². The van der Waals surface area contributed by atoms with Gasteiger partial charge in [-0.2, -0.15) is 0 Å². The average molecular weight is 296 g/mol. The zero-order valence-electron chi connectivity index (χ0n) is 11.7. The van der Waals surface area contributed by atoms with Crippen LogP contribution in [0.1, 0.15) is 19.3 Å². The van der Waals surface area contributed by atoms with E-state index in [0.717, 1.165) is 19.5 Å². The molecular formula is C15H22ClN3O. The number of nitrogens with zero attached hydrogens (tertiary/aromatic N) is 1. The molecule has 1 amide bonds. The van der Waals surface area contributed by atoms with Crippen molar-refractivity contribution in [3.63, 3.8) is 0 Å². The Kier molecular flexibility index (Phi) is 6.30. The van der Waals surface area contributed by atoms with Gasteiger partial charge in [0, 0.05) is 0 Å². The van der Waals surface area contributed by atoms with Crippen molar-refractivity contribution < 1.29 is 4.79 Å². The summed E-state index contributed by atoms with van der Waals surface area (Å²) in [6.07, 6.45) is 3.74. The van der Waals surface area contributed by atoms with Crippen LogP contribution in [0.15, 0.2) is 24.3 Å². The summed E-state index contributed by atoms with van der Waals surface area (Å²) in [6.45, 7) is 4.77. The molecule has 1 aromatic rings. The molecule has 1 aromatic carbocycles. The van der Waals surface area contributed by atoms with Crippen molar-refractivity contribution in [3.05, 3.63) is 29.3 Å². The van der Waals surface area contributed by atoms with E-state index < -0.39 is 0 Å². The third-order valence-corrected chi connectivity index (χ3v) is 3.79. The van der Waals surface area contributed by atoms with E-state index in [1.54, 1.807) is 12.1 Å². The summed E-state index contributed by atoms with van der Waals surface area (Å²) < 4.78 is 0. The number of rotatable bonds is 7. The smallest absolute Gasteiger partial charge is 0.238 e. The SMILES string of the molecule is O=C(CNCCCN1CCCC1)Nc1ccccc1Cl. The standard InChI is InChI=1S/C15H22ClN3O/c16-13-6-1-2-7-14(13)18-15(20)12-17-8-5-11-19-9-3-4-10-19/h1-2,6-7,17H,3-5,8-12H2,(H,18,20). The lowest BCUT2D eigenvalue weighted by atomic mass is 10.3. The van der Waals surface area contributed by atoms with Gasteiger partial charge in [-0.05, 0) is 57.6 Å². The molecule has 1 heterocycles. The topological polar surface area (TPSA) is 44.4 Å².